The van der Waals surface area contributed by atoms with Crippen LogP contribution in [-0.4, -0.2) is 37.3 Å². The van der Waals surface area contributed by atoms with Gasteiger partial charge in [-0.1, -0.05) is 41.9 Å². The first-order valence-corrected chi connectivity index (χ1v) is 11.0. The maximum atomic E-state index is 13.4. The molecule has 2 aromatic heterocycles. The van der Waals surface area contributed by atoms with E-state index >= 15 is 0 Å². The van der Waals surface area contributed by atoms with Gasteiger partial charge in [-0.25, -0.2) is 4.98 Å². The van der Waals surface area contributed by atoms with Gasteiger partial charge in [0.05, 0.1) is 17.4 Å². The predicted molar refractivity (Wildman–Crippen MR) is 122 cm³/mol. The van der Waals surface area contributed by atoms with E-state index in [1.54, 1.807) is 22.9 Å². The molecule has 3 heterocycles. The third kappa shape index (κ3) is 3.41. The van der Waals surface area contributed by atoms with Crippen molar-refractivity contribution in [1.29, 1.82) is 0 Å². The zero-order valence-corrected chi connectivity index (χ0v) is 18.0. The molecule has 0 spiro atoms. The van der Waals surface area contributed by atoms with E-state index in [1.807, 2.05) is 45.7 Å². The minimum absolute atomic E-state index is 0.0864. The number of carbonyl (C=O) groups is 1. The quantitative estimate of drug-likeness (QED) is 0.481. The first-order valence-electron chi connectivity index (χ1n) is 10.6. The highest BCUT2D eigenvalue weighted by atomic mass is 35.5. The van der Waals surface area contributed by atoms with Crippen LogP contribution < -0.4 is 5.56 Å². The van der Waals surface area contributed by atoms with Crippen molar-refractivity contribution in [2.24, 2.45) is 0 Å². The van der Waals surface area contributed by atoms with Gasteiger partial charge >= 0.3 is 0 Å². The van der Waals surface area contributed by atoms with Gasteiger partial charge in [0.25, 0.3) is 11.5 Å². The maximum absolute atomic E-state index is 13.4. The summed E-state index contributed by atoms with van der Waals surface area (Å²) in [6, 6.07) is 15.0. The van der Waals surface area contributed by atoms with Gasteiger partial charge < -0.3 is 4.90 Å². The molecule has 7 heteroatoms. The number of rotatable bonds is 3. The number of piperidine rings is 1. The summed E-state index contributed by atoms with van der Waals surface area (Å²) < 4.78 is 3.44. The molecule has 1 atom stereocenters. The molecule has 5 rings (SSSR count). The van der Waals surface area contributed by atoms with Gasteiger partial charge in [0.1, 0.15) is 5.69 Å². The lowest BCUT2D eigenvalue weighted by atomic mass is 10.0. The number of halogens is 1. The molecule has 0 aliphatic carbocycles. The molecule has 6 nitrogen and oxygen atoms in total. The second-order valence-corrected chi connectivity index (χ2v) is 8.55. The molecule has 4 aromatic rings. The summed E-state index contributed by atoms with van der Waals surface area (Å²) in [4.78, 5) is 33.2. The second-order valence-electron chi connectivity index (χ2n) is 8.14. The normalized spacial score (nSPS) is 16.8. The summed E-state index contributed by atoms with van der Waals surface area (Å²) >= 11 is 6.37. The van der Waals surface area contributed by atoms with Crippen molar-refractivity contribution in [3.05, 3.63) is 81.4 Å². The van der Waals surface area contributed by atoms with E-state index < -0.39 is 0 Å². The summed E-state index contributed by atoms with van der Waals surface area (Å²) in [6.45, 7) is 3.09. The number of hydrogen-bond donors (Lipinski definition) is 0. The van der Waals surface area contributed by atoms with E-state index in [2.05, 4.69) is 11.9 Å². The molecule has 1 saturated heterocycles. The average molecular weight is 435 g/mol. The third-order valence-electron chi connectivity index (χ3n) is 6.14. The van der Waals surface area contributed by atoms with Crippen LogP contribution in [0.2, 0.25) is 5.02 Å². The number of hydrogen-bond acceptors (Lipinski definition) is 3. The lowest BCUT2D eigenvalue weighted by Crippen LogP contribution is -2.42. The number of benzene rings is 2. The minimum atomic E-state index is -0.154. The summed E-state index contributed by atoms with van der Waals surface area (Å²) in [6.07, 6.45) is 4.89. The van der Waals surface area contributed by atoms with Crippen molar-refractivity contribution in [3.8, 4) is 0 Å². The van der Waals surface area contributed by atoms with Crippen LogP contribution in [0, 0.1) is 0 Å². The maximum Gasteiger partial charge on any atom is 0.274 e. The zero-order chi connectivity index (χ0) is 21.5. The number of aromatic nitrogens is 3. The lowest BCUT2D eigenvalue weighted by Gasteiger charge is -2.32. The molecule has 0 saturated carbocycles. The van der Waals surface area contributed by atoms with Crippen molar-refractivity contribution in [3.63, 3.8) is 0 Å². The Morgan fingerprint density at radius 3 is 2.71 bits per heavy atom. The van der Waals surface area contributed by atoms with Crippen LogP contribution in [0.3, 0.4) is 0 Å². The smallest absolute Gasteiger partial charge is 0.274 e. The molecule has 0 bridgehead atoms. The number of imidazole rings is 1. The fraction of sp³-hybridized carbons (Fsp3) is 0.292. The van der Waals surface area contributed by atoms with Crippen molar-refractivity contribution in [2.45, 2.75) is 38.8 Å². The molecule has 0 radical (unpaired) electrons. The monoisotopic (exact) mass is 434 g/mol. The van der Waals surface area contributed by atoms with E-state index in [9.17, 15) is 9.59 Å². The highest BCUT2D eigenvalue weighted by Gasteiger charge is 2.27. The van der Waals surface area contributed by atoms with E-state index in [0.717, 1.165) is 36.9 Å². The van der Waals surface area contributed by atoms with Crippen LogP contribution in [-0.2, 0) is 6.54 Å². The molecule has 2 aromatic carbocycles. The van der Waals surface area contributed by atoms with Crippen LogP contribution in [0.5, 0.6) is 0 Å². The van der Waals surface area contributed by atoms with Crippen molar-refractivity contribution in [1.82, 2.24) is 18.9 Å². The Bertz CT molecular complexity index is 1360. The van der Waals surface area contributed by atoms with Crippen LogP contribution in [0.15, 0.2) is 59.5 Å². The molecule has 158 valence electrons. The topological polar surface area (TPSA) is 59.6 Å². The molecular weight excluding hydrogens is 412 g/mol. The van der Waals surface area contributed by atoms with Crippen molar-refractivity contribution in [2.75, 3.05) is 6.54 Å². The summed E-state index contributed by atoms with van der Waals surface area (Å²) in [5.41, 5.74) is 1.76. The summed E-state index contributed by atoms with van der Waals surface area (Å²) in [5.74, 6) is 0.355. The Balaban J connectivity index is 1.70. The Hall–Kier alpha value is -3.12. The summed E-state index contributed by atoms with van der Waals surface area (Å²) in [5, 5.41) is 1.16. The highest BCUT2D eigenvalue weighted by Crippen LogP contribution is 2.22. The first-order chi connectivity index (χ1) is 15.0. The molecule has 1 unspecified atom stereocenters. The molecule has 0 N–H and O–H groups in total. The van der Waals surface area contributed by atoms with Gasteiger partial charge in [0.2, 0.25) is 5.78 Å². The summed E-state index contributed by atoms with van der Waals surface area (Å²) in [7, 11) is 0. The number of amides is 1. The predicted octanol–water partition coefficient (Wildman–Crippen LogP) is 4.37. The van der Waals surface area contributed by atoms with Crippen LogP contribution in [0.1, 0.15) is 42.2 Å². The zero-order valence-electron chi connectivity index (χ0n) is 17.3. The van der Waals surface area contributed by atoms with Gasteiger partial charge in [0, 0.05) is 23.8 Å². The van der Waals surface area contributed by atoms with E-state index in [0.29, 0.717) is 21.9 Å². The number of para-hydroxylation sites is 1. The molecule has 31 heavy (non-hydrogen) atoms. The van der Waals surface area contributed by atoms with Crippen LogP contribution in [0.25, 0.3) is 16.7 Å². The Kier molecular flexibility index (Phi) is 5.02. The first kappa shape index (κ1) is 19.8. The van der Waals surface area contributed by atoms with Crippen molar-refractivity contribution < 1.29 is 4.79 Å². The number of fused-ring (bicyclic) bond motifs is 3. The average Bonchev–Trinajstić information content (AvgIpc) is 3.23. The third-order valence-corrected chi connectivity index (χ3v) is 6.51. The van der Waals surface area contributed by atoms with Crippen LogP contribution >= 0.6 is 11.6 Å². The standard InChI is InChI=1S/C24H23ClN4O2/c1-16-8-6-7-13-27(16)23(31)20-15-28-21-12-5-3-10-18(21)22(30)29(24(28)26-20)14-17-9-2-4-11-19(17)25/h2-5,9-12,15-16H,6-8,13-14H2,1H3. The largest absolute Gasteiger partial charge is 0.335 e. The lowest BCUT2D eigenvalue weighted by molar-refractivity contribution is 0.0630. The van der Waals surface area contributed by atoms with Gasteiger partial charge in [-0.05, 0) is 49.9 Å². The van der Waals surface area contributed by atoms with Gasteiger partial charge in [0.15, 0.2) is 0 Å². The molecular formula is C24H23ClN4O2. The van der Waals surface area contributed by atoms with Gasteiger partial charge in [-0.15, -0.1) is 0 Å². The van der Waals surface area contributed by atoms with Gasteiger partial charge in [-0.2, -0.15) is 0 Å². The number of nitrogens with zero attached hydrogens (tertiary/aromatic N) is 4. The van der Waals surface area contributed by atoms with Crippen LogP contribution in [0.4, 0.5) is 0 Å². The van der Waals surface area contributed by atoms with E-state index in [4.69, 9.17) is 11.6 Å². The number of carbonyl (C=O) groups excluding carboxylic acids is 1. The van der Waals surface area contributed by atoms with Crippen molar-refractivity contribution >= 4 is 34.2 Å². The molecule has 1 aliphatic heterocycles. The molecule has 1 amide bonds. The Morgan fingerprint density at radius 2 is 1.90 bits per heavy atom. The molecule has 1 fully saturated rings. The Labute approximate surface area is 184 Å². The number of likely N-dealkylation sites (tertiary alicyclic amines) is 1. The molecule has 1 aliphatic rings. The fourth-order valence-corrected chi connectivity index (χ4v) is 4.62. The van der Waals surface area contributed by atoms with Gasteiger partial charge in [-0.3, -0.25) is 18.6 Å². The van der Waals surface area contributed by atoms with E-state index in [1.165, 1.54) is 0 Å². The fourth-order valence-electron chi connectivity index (χ4n) is 4.43. The minimum Gasteiger partial charge on any atom is -0.335 e. The SMILES string of the molecule is CC1CCCCN1C(=O)c1cn2c3ccccc3c(=O)n(Cc3ccccc3Cl)c2n1. The Morgan fingerprint density at radius 1 is 1.13 bits per heavy atom. The highest BCUT2D eigenvalue weighted by molar-refractivity contribution is 6.31. The second kappa shape index (κ2) is 7.85. The van der Waals surface area contributed by atoms with E-state index in [-0.39, 0.29) is 24.1 Å².